The third-order valence-electron chi connectivity index (χ3n) is 2.88. The van der Waals surface area contributed by atoms with Gasteiger partial charge in [-0.15, -0.1) is 0 Å². The third kappa shape index (κ3) is 15.0. The molecule has 0 atom stereocenters. The summed E-state index contributed by atoms with van der Waals surface area (Å²) in [6.07, 6.45) is 13.3. The molecule has 116 valence electrons. The molecule has 0 saturated heterocycles. The van der Waals surface area contributed by atoms with Gasteiger partial charge in [-0.2, -0.15) is 0 Å². The summed E-state index contributed by atoms with van der Waals surface area (Å²) >= 11 is 0. The zero-order chi connectivity index (χ0) is 15.8. The van der Waals surface area contributed by atoms with Crippen molar-refractivity contribution in [1.29, 1.82) is 0 Å². The summed E-state index contributed by atoms with van der Waals surface area (Å²) in [5.41, 5.74) is 2.66. The van der Waals surface area contributed by atoms with Crippen molar-refractivity contribution in [2.75, 3.05) is 6.61 Å². The van der Waals surface area contributed by atoms with E-state index in [4.69, 9.17) is 5.11 Å². The van der Waals surface area contributed by atoms with Crippen molar-refractivity contribution in [2.45, 2.75) is 59.8 Å². The second-order valence-electron chi connectivity index (χ2n) is 5.25. The van der Waals surface area contributed by atoms with Gasteiger partial charge in [0.2, 0.25) is 0 Å². The van der Waals surface area contributed by atoms with E-state index in [1.54, 1.807) is 6.08 Å². The molecule has 0 rings (SSSR count). The predicted molar refractivity (Wildman–Crippen MR) is 92.9 cm³/mol. The maximum absolute atomic E-state index is 8.79. The lowest BCUT2D eigenvalue weighted by Gasteiger charge is -2.05. The molecular formula is C19H34O. The Hall–Kier alpha value is -1.08. The second-order valence-corrected chi connectivity index (χ2v) is 5.25. The van der Waals surface area contributed by atoms with E-state index in [9.17, 15) is 0 Å². The van der Waals surface area contributed by atoms with Crippen LogP contribution < -0.4 is 0 Å². The summed E-state index contributed by atoms with van der Waals surface area (Å²) in [6, 6.07) is 0. The summed E-state index contributed by atoms with van der Waals surface area (Å²) in [6.45, 7) is 16.2. The van der Waals surface area contributed by atoms with Gasteiger partial charge in [0, 0.05) is 6.61 Å². The molecule has 0 amide bonds. The van der Waals surface area contributed by atoms with Crippen molar-refractivity contribution in [1.82, 2.24) is 0 Å². The van der Waals surface area contributed by atoms with E-state index in [0.717, 1.165) is 31.6 Å². The Morgan fingerprint density at radius 2 is 1.80 bits per heavy atom. The molecule has 20 heavy (non-hydrogen) atoms. The van der Waals surface area contributed by atoms with Crippen LogP contribution in [0.4, 0.5) is 0 Å². The van der Waals surface area contributed by atoms with E-state index in [2.05, 4.69) is 46.9 Å². The minimum atomic E-state index is 0.296. The molecule has 0 unspecified atom stereocenters. The van der Waals surface area contributed by atoms with Gasteiger partial charge < -0.3 is 5.11 Å². The van der Waals surface area contributed by atoms with E-state index in [-0.39, 0.29) is 0 Å². The van der Waals surface area contributed by atoms with Crippen LogP contribution in [0.2, 0.25) is 0 Å². The van der Waals surface area contributed by atoms with Crippen LogP contribution in [0.15, 0.2) is 48.6 Å². The number of hydrogen-bond donors (Lipinski definition) is 1. The molecule has 0 fully saturated rings. The molecular weight excluding hydrogens is 244 g/mol. The van der Waals surface area contributed by atoms with Crippen LogP contribution in [0.1, 0.15) is 59.8 Å². The normalized spacial score (nSPS) is 11.9. The lowest BCUT2D eigenvalue weighted by Crippen LogP contribution is -1.91. The Bertz CT molecular complexity index is 287. The van der Waals surface area contributed by atoms with Gasteiger partial charge in [-0.1, -0.05) is 77.2 Å². The highest BCUT2D eigenvalue weighted by Gasteiger charge is 1.96. The zero-order valence-corrected chi connectivity index (χ0v) is 14.0. The molecule has 0 aliphatic heterocycles. The molecule has 0 saturated carbocycles. The Morgan fingerprint density at radius 3 is 2.10 bits per heavy atom. The lowest BCUT2D eigenvalue weighted by atomic mass is 10.0. The molecule has 0 bridgehead atoms. The molecule has 0 aliphatic rings. The molecule has 1 heteroatoms. The first-order valence-electron chi connectivity index (χ1n) is 7.78. The quantitative estimate of drug-likeness (QED) is 0.415. The molecule has 0 radical (unpaired) electrons. The topological polar surface area (TPSA) is 20.2 Å². The average Bonchev–Trinajstić information content (AvgIpc) is 2.43. The number of aliphatic hydroxyl groups excluding tert-OH is 1. The van der Waals surface area contributed by atoms with E-state index in [1.165, 1.54) is 17.6 Å². The molecule has 0 aromatic heterocycles. The monoisotopic (exact) mass is 278 g/mol. The first-order chi connectivity index (χ1) is 9.55. The highest BCUT2D eigenvalue weighted by Crippen LogP contribution is 2.12. The van der Waals surface area contributed by atoms with Gasteiger partial charge in [0.05, 0.1) is 0 Å². The summed E-state index contributed by atoms with van der Waals surface area (Å²) in [5.74, 6) is 0.732. The van der Waals surface area contributed by atoms with Crippen LogP contribution in [0, 0.1) is 5.92 Å². The highest BCUT2D eigenvalue weighted by atomic mass is 16.2. The van der Waals surface area contributed by atoms with Crippen LogP contribution in [0.5, 0.6) is 0 Å². The smallest absolute Gasteiger partial charge is 0.0468 e. The van der Waals surface area contributed by atoms with Gasteiger partial charge in [-0.05, 0) is 37.2 Å². The first-order valence-corrected chi connectivity index (χ1v) is 7.78. The van der Waals surface area contributed by atoms with E-state index < -0.39 is 0 Å². The van der Waals surface area contributed by atoms with Crippen molar-refractivity contribution in [3.63, 3.8) is 0 Å². The van der Waals surface area contributed by atoms with E-state index >= 15 is 0 Å². The predicted octanol–water partition coefficient (Wildman–Crippen LogP) is 5.84. The standard InChI is InChI=1S/C11H22O.C8H12/c1-4-5-11(8-9-12)7-6-10(2)3;1-4-7-8(5-2)6-3/h7,10,12H,4-6,8-9H2,1-3H3;4-5,7H,1-2,6H2,3H3/b11-7+;8-7+. The van der Waals surface area contributed by atoms with Gasteiger partial charge in [0.1, 0.15) is 0 Å². The second kappa shape index (κ2) is 16.0. The first kappa shape index (κ1) is 21.2. The average molecular weight is 278 g/mol. The van der Waals surface area contributed by atoms with Crippen molar-refractivity contribution < 1.29 is 5.11 Å². The molecule has 0 aliphatic carbocycles. The van der Waals surface area contributed by atoms with E-state index in [0.29, 0.717) is 6.61 Å². The Balaban J connectivity index is 0. The fraction of sp³-hybridized carbons (Fsp3) is 0.579. The van der Waals surface area contributed by atoms with Gasteiger partial charge in [0.25, 0.3) is 0 Å². The highest BCUT2D eigenvalue weighted by molar-refractivity contribution is 5.20. The summed E-state index contributed by atoms with van der Waals surface area (Å²) in [5, 5.41) is 8.79. The van der Waals surface area contributed by atoms with Gasteiger partial charge in [-0.3, -0.25) is 0 Å². The lowest BCUT2D eigenvalue weighted by molar-refractivity contribution is 0.297. The van der Waals surface area contributed by atoms with Gasteiger partial charge in [-0.25, -0.2) is 0 Å². The van der Waals surface area contributed by atoms with Gasteiger partial charge in [0.15, 0.2) is 0 Å². The van der Waals surface area contributed by atoms with Gasteiger partial charge >= 0.3 is 0 Å². The van der Waals surface area contributed by atoms with Crippen LogP contribution in [-0.2, 0) is 0 Å². The summed E-state index contributed by atoms with van der Waals surface area (Å²) in [4.78, 5) is 0. The maximum atomic E-state index is 8.79. The molecule has 0 heterocycles. The molecule has 0 spiro atoms. The number of allylic oxidation sites excluding steroid dienone is 5. The summed E-state index contributed by atoms with van der Waals surface area (Å²) < 4.78 is 0. The minimum Gasteiger partial charge on any atom is -0.396 e. The van der Waals surface area contributed by atoms with E-state index in [1.807, 2.05) is 12.2 Å². The molecule has 0 aromatic carbocycles. The number of aliphatic hydroxyl groups is 1. The van der Waals surface area contributed by atoms with Crippen LogP contribution in [-0.4, -0.2) is 11.7 Å². The minimum absolute atomic E-state index is 0.296. The summed E-state index contributed by atoms with van der Waals surface area (Å²) in [7, 11) is 0. The fourth-order valence-electron chi connectivity index (χ4n) is 1.68. The Kier molecular flexibility index (Phi) is 17.0. The van der Waals surface area contributed by atoms with Crippen LogP contribution in [0.3, 0.4) is 0 Å². The van der Waals surface area contributed by atoms with Crippen molar-refractivity contribution in [3.8, 4) is 0 Å². The Labute approximate surface area is 126 Å². The largest absolute Gasteiger partial charge is 0.396 e. The SMILES string of the molecule is C=C/C=C(\C=C)CC.CCC/C(=C\CC(C)C)CCO. The van der Waals surface area contributed by atoms with Crippen molar-refractivity contribution >= 4 is 0 Å². The molecule has 0 aromatic rings. The van der Waals surface area contributed by atoms with Crippen molar-refractivity contribution in [2.24, 2.45) is 5.92 Å². The molecule has 1 nitrogen and oxygen atoms in total. The van der Waals surface area contributed by atoms with Crippen LogP contribution in [0.25, 0.3) is 0 Å². The molecule has 1 N–H and O–H groups in total. The van der Waals surface area contributed by atoms with Crippen molar-refractivity contribution in [3.05, 3.63) is 48.6 Å². The zero-order valence-electron chi connectivity index (χ0n) is 14.0. The fourth-order valence-corrected chi connectivity index (χ4v) is 1.68. The number of rotatable bonds is 9. The Morgan fingerprint density at radius 1 is 1.15 bits per heavy atom. The maximum Gasteiger partial charge on any atom is 0.0468 e. The number of hydrogen-bond acceptors (Lipinski definition) is 1. The third-order valence-corrected chi connectivity index (χ3v) is 2.88. The van der Waals surface area contributed by atoms with Crippen LogP contribution >= 0.6 is 0 Å².